The fourth-order valence-electron chi connectivity index (χ4n) is 0.844. The predicted octanol–water partition coefficient (Wildman–Crippen LogP) is 2.99. The van der Waals surface area contributed by atoms with E-state index in [-0.39, 0.29) is 0 Å². The van der Waals surface area contributed by atoms with Crippen molar-refractivity contribution >= 4 is 5.71 Å². The Kier molecular flexibility index (Phi) is 5.44. The molecule has 0 aromatic heterocycles. The van der Waals surface area contributed by atoms with E-state index in [0.717, 1.165) is 18.6 Å². The zero-order valence-electron chi connectivity index (χ0n) is 7.72. The third kappa shape index (κ3) is 3.76. The molecule has 0 aromatic rings. The maximum atomic E-state index is 4.13. The highest BCUT2D eigenvalue weighted by Gasteiger charge is 1.90. The van der Waals surface area contributed by atoms with E-state index in [0.29, 0.717) is 0 Å². The van der Waals surface area contributed by atoms with Crippen LogP contribution in [0, 0.1) is 0 Å². The molecule has 0 saturated carbocycles. The zero-order valence-corrected chi connectivity index (χ0v) is 7.72. The molecule has 0 unspecified atom stereocenters. The van der Waals surface area contributed by atoms with Crippen LogP contribution in [0.4, 0.5) is 0 Å². The summed E-state index contributed by atoms with van der Waals surface area (Å²) in [4.78, 5) is 4.13. The summed E-state index contributed by atoms with van der Waals surface area (Å²) in [5.41, 5.74) is 2.40. The second-order valence-electron chi connectivity index (χ2n) is 2.35. The van der Waals surface area contributed by atoms with Crippen molar-refractivity contribution in [1.29, 1.82) is 0 Å². The average Bonchev–Trinajstić information content (AvgIpc) is 2.07. The highest BCUT2D eigenvalue weighted by atomic mass is 14.7. The molecule has 1 nitrogen and oxygen atoms in total. The summed E-state index contributed by atoms with van der Waals surface area (Å²) >= 11 is 0. The molecule has 0 saturated heterocycles. The molecule has 0 atom stereocenters. The van der Waals surface area contributed by atoms with E-state index in [1.807, 2.05) is 13.1 Å². The lowest BCUT2D eigenvalue weighted by molar-refractivity contribution is 1.15. The van der Waals surface area contributed by atoms with Gasteiger partial charge in [0.25, 0.3) is 0 Å². The van der Waals surface area contributed by atoms with E-state index in [1.165, 1.54) is 5.57 Å². The largest absolute Gasteiger partial charge is 0.293 e. The molecular formula is C10H17N. The van der Waals surface area contributed by atoms with Crippen LogP contribution in [0.3, 0.4) is 0 Å². The Hall–Kier alpha value is -0.850. The summed E-state index contributed by atoms with van der Waals surface area (Å²) in [6.07, 6.45) is 6.02. The van der Waals surface area contributed by atoms with E-state index in [1.54, 1.807) is 0 Å². The van der Waals surface area contributed by atoms with Gasteiger partial charge in [0.2, 0.25) is 0 Å². The maximum absolute atomic E-state index is 4.13. The molecule has 0 aliphatic heterocycles. The molecule has 0 rings (SSSR count). The Bertz CT molecular complexity index is 175. The lowest BCUT2D eigenvalue weighted by Gasteiger charge is -1.97. The fraction of sp³-hybridized carbons (Fsp3) is 0.500. The summed E-state index contributed by atoms with van der Waals surface area (Å²) in [5, 5.41) is 0. The van der Waals surface area contributed by atoms with Crippen molar-refractivity contribution < 1.29 is 0 Å². The first-order chi connectivity index (χ1) is 5.28. The SMILES string of the molecule is C=C/C(=C\C(CC)=N/C)CC. The smallest absolute Gasteiger partial charge is 0.0344 e. The molecule has 0 aromatic carbocycles. The van der Waals surface area contributed by atoms with Gasteiger partial charge in [-0.3, -0.25) is 4.99 Å². The summed E-state index contributed by atoms with van der Waals surface area (Å²) in [6.45, 7) is 7.96. The molecule has 0 spiro atoms. The van der Waals surface area contributed by atoms with Crippen LogP contribution in [-0.2, 0) is 0 Å². The molecule has 0 amide bonds. The minimum Gasteiger partial charge on any atom is -0.293 e. The molecule has 0 aliphatic rings. The van der Waals surface area contributed by atoms with Gasteiger partial charge < -0.3 is 0 Å². The second kappa shape index (κ2) is 5.90. The van der Waals surface area contributed by atoms with Crippen LogP contribution >= 0.6 is 0 Å². The predicted molar refractivity (Wildman–Crippen MR) is 52.2 cm³/mol. The Morgan fingerprint density at radius 1 is 1.36 bits per heavy atom. The van der Waals surface area contributed by atoms with Crippen LogP contribution in [0.5, 0.6) is 0 Å². The maximum Gasteiger partial charge on any atom is 0.0344 e. The Labute approximate surface area is 69.5 Å². The number of allylic oxidation sites excluding steroid dienone is 3. The summed E-state index contributed by atoms with van der Waals surface area (Å²) in [5.74, 6) is 0. The first-order valence-electron chi connectivity index (χ1n) is 4.07. The van der Waals surface area contributed by atoms with Gasteiger partial charge in [0, 0.05) is 12.8 Å². The van der Waals surface area contributed by atoms with Gasteiger partial charge in [-0.15, -0.1) is 0 Å². The quantitative estimate of drug-likeness (QED) is 0.432. The van der Waals surface area contributed by atoms with E-state index in [2.05, 4.69) is 31.5 Å². The number of hydrogen-bond acceptors (Lipinski definition) is 1. The van der Waals surface area contributed by atoms with E-state index < -0.39 is 0 Å². The van der Waals surface area contributed by atoms with Crippen molar-refractivity contribution in [1.82, 2.24) is 0 Å². The fourth-order valence-corrected chi connectivity index (χ4v) is 0.844. The van der Waals surface area contributed by atoms with Crippen LogP contribution in [0.25, 0.3) is 0 Å². The first kappa shape index (κ1) is 10.2. The Morgan fingerprint density at radius 3 is 2.27 bits per heavy atom. The highest BCUT2D eigenvalue weighted by Crippen LogP contribution is 2.02. The lowest BCUT2D eigenvalue weighted by Crippen LogP contribution is -1.91. The van der Waals surface area contributed by atoms with Gasteiger partial charge >= 0.3 is 0 Å². The van der Waals surface area contributed by atoms with E-state index in [4.69, 9.17) is 0 Å². The van der Waals surface area contributed by atoms with Gasteiger partial charge in [-0.2, -0.15) is 0 Å². The molecule has 0 N–H and O–H groups in total. The Morgan fingerprint density at radius 2 is 2.00 bits per heavy atom. The van der Waals surface area contributed by atoms with Crippen LogP contribution in [0.1, 0.15) is 26.7 Å². The number of rotatable bonds is 4. The van der Waals surface area contributed by atoms with Gasteiger partial charge in [-0.05, 0) is 24.5 Å². The van der Waals surface area contributed by atoms with Gasteiger partial charge in [0.05, 0.1) is 0 Å². The molecule has 62 valence electrons. The molecule has 0 bridgehead atoms. The van der Waals surface area contributed by atoms with E-state index in [9.17, 15) is 0 Å². The zero-order chi connectivity index (χ0) is 8.69. The third-order valence-electron chi connectivity index (χ3n) is 1.67. The minimum absolute atomic E-state index is 0.994. The van der Waals surface area contributed by atoms with Crippen LogP contribution < -0.4 is 0 Å². The second-order valence-corrected chi connectivity index (χ2v) is 2.35. The molecule has 0 fully saturated rings. The Balaban J connectivity index is 4.35. The summed E-state index contributed by atoms with van der Waals surface area (Å²) < 4.78 is 0. The van der Waals surface area contributed by atoms with Crippen molar-refractivity contribution in [2.24, 2.45) is 4.99 Å². The lowest BCUT2D eigenvalue weighted by atomic mass is 10.1. The number of aliphatic imine (C=N–C) groups is 1. The molecule has 0 aliphatic carbocycles. The van der Waals surface area contributed by atoms with Crippen molar-refractivity contribution in [3.8, 4) is 0 Å². The van der Waals surface area contributed by atoms with Gasteiger partial charge in [-0.1, -0.05) is 26.5 Å². The topological polar surface area (TPSA) is 12.4 Å². The van der Waals surface area contributed by atoms with Crippen molar-refractivity contribution in [3.63, 3.8) is 0 Å². The van der Waals surface area contributed by atoms with Crippen LogP contribution in [0.15, 0.2) is 29.3 Å². The van der Waals surface area contributed by atoms with Crippen LogP contribution in [-0.4, -0.2) is 12.8 Å². The summed E-state index contributed by atoms with van der Waals surface area (Å²) in [6, 6.07) is 0. The molecule has 11 heavy (non-hydrogen) atoms. The normalized spacial score (nSPS) is 13.4. The third-order valence-corrected chi connectivity index (χ3v) is 1.67. The number of nitrogens with zero attached hydrogens (tertiary/aromatic N) is 1. The van der Waals surface area contributed by atoms with E-state index >= 15 is 0 Å². The monoisotopic (exact) mass is 151 g/mol. The average molecular weight is 151 g/mol. The molecular weight excluding hydrogens is 134 g/mol. The highest BCUT2D eigenvalue weighted by molar-refractivity contribution is 5.95. The molecule has 0 heterocycles. The molecule has 0 radical (unpaired) electrons. The van der Waals surface area contributed by atoms with Gasteiger partial charge in [0.1, 0.15) is 0 Å². The van der Waals surface area contributed by atoms with Crippen molar-refractivity contribution in [3.05, 3.63) is 24.3 Å². The minimum atomic E-state index is 0.994. The standard InChI is InChI=1S/C10H17N/c1-5-9(6-2)8-10(7-3)11-4/h5,8H,1,6-7H2,2-4H3/b9-8+,11-10-. The van der Waals surface area contributed by atoms with Crippen LogP contribution in [0.2, 0.25) is 0 Å². The molecule has 1 heteroatoms. The number of hydrogen-bond donors (Lipinski definition) is 0. The van der Waals surface area contributed by atoms with Gasteiger partial charge in [-0.25, -0.2) is 0 Å². The van der Waals surface area contributed by atoms with Crippen molar-refractivity contribution in [2.45, 2.75) is 26.7 Å². The van der Waals surface area contributed by atoms with Crippen molar-refractivity contribution in [2.75, 3.05) is 7.05 Å². The van der Waals surface area contributed by atoms with Gasteiger partial charge in [0.15, 0.2) is 0 Å². The first-order valence-corrected chi connectivity index (χ1v) is 4.07. The summed E-state index contributed by atoms with van der Waals surface area (Å²) in [7, 11) is 1.83.